The molecule has 0 saturated carbocycles. The summed E-state index contributed by atoms with van der Waals surface area (Å²) < 4.78 is 1.40. The number of hydrogen-bond acceptors (Lipinski definition) is 1. The number of thiophene rings is 1. The minimum atomic E-state index is 1.22. The fraction of sp³-hybridized carbons (Fsp3) is 0.429. The molecule has 0 fully saturated rings. The quantitative estimate of drug-likeness (QED) is 0.579. The van der Waals surface area contributed by atoms with E-state index >= 15 is 0 Å². The predicted molar refractivity (Wildman–Crippen MR) is 47.7 cm³/mol. The number of hydrogen-bond donors (Lipinski definition) is 0. The van der Waals surface area contributed by atoms with Gasteiger partial charge in [0.05, 0.1) is 0 Å². The second-order valence-electron chi connectivity index (χ2n) is 2.06. The summed E-state index contributed by atoms with van der Waals surface area (Å²) in [5.74, 6) is 0. The number of rotatable bonds is 2. The van der Waals surface area contributed by atoms with E-state index in [1.807, 2.05) is 11.3 Å². The molecule has 0 bridgehead atoms. The standard InChI is InChI=1S/C7H11PS/c1-2-3-6-4-5-9-7(6)8/h4-5H,2-3,8H2,1H3. The van der Waals surface area contributed by atoms with Crippen molar-refractivity contribution in [1.29, 1.82) is 0 Å². The molecule has 0 aliphatic heterocycles. The lowest BCUT2D eigenvalue weighted by Gasteiger charge is -1.92. The van der Waals surface area contributed by atoms with Crippen LogP contribution in [0.25, 0.3) is 0 Å². The molecule has 1 aromatic heterocycles. The summed E-state index contributed by atoms with van der Waals surface area (Å²) in [5.41, 5.74) is 1.49. The molecule has 1 rings (SSSR count). The minimum Gasteiger partial charge on any atom is -0.144 e. The summed E-state index contributed by atoms with van der Waals surface area (Å²) >= 11 is 1.81. The Balaban J connectivity index is 2.69. The van der Waals surface area contributed by atoms with Crippen molar-refractivity contribution < 1.29 is 0 Å². The maximum atomic E-state index is 2.77. The van der Waals surface area contributed by atoms with Gasteiger partial charge in [-0.25, -0.2) is 0 Å². The van der Waals surface area contributed by atoms with E-state index in [4.69, 9.17) is 0 Å². The Kier molecular flexibility index (Phi) is 2.68. The van der Waals surface area contributed by atoms with Crippen molar-refractivity contribution in [2.75, 3.05) is 0 Å². The van der Waals surface area contributed by atoms with Crippen molar-refractivity contribution in [2.45, 2.75) is 19.8 Å². The van der Waals surface area contributed by atoms with Crippen LogP contribution in [0.2, 0.25) is 0 Å². The molecular weight excluding hydrogens is 147 g/mol. The molecule has 0 N–H and O–H groups in total. The van der Waals surface area contributed by atoms with Crippen LogP contribution in [0.1, 0.15) is 18.9 Å². The molecule has 0 aliphatic carbocycles. The van der Waals surface area contributed by atoms with Gasteiger partial charge in [-0.2, -0.15) is 0 Å². The predicted octanol–water partition coefficient (Wildman–Crippen LogP) is 2.20. The van der Waals surface area contributed by atoms with Gasteiger partial charge in [0.25, 0.3) is 0 Å². The molecule has 0 spiro atoms. The molecular formula is C7H11PS. The van der Waals surface area contributed by atoms with Gasteiger partial charge < -0.3 is 0 Å². The summed E-state index contributed by atoms with van der Waals surface area (Å²) in [7, 11) is 2.77. The summed E-state index contributed by atoms with van der Waals surface area (Å²) in [6, 6.07) is 2.20. The highest BCUT2D eigenvalue weighted by molar-refractivity contribution is 7.43. The summed E-state index contributed by atoms with van der Waals surface area (Å²) in [4.78, 5) is 0. The third-order valence-corrected chi connectivity index (χ3v) is 2.87. The summed E-state index contributed by atoms with van der Waals surface area (Å²) in [6.45, 7) is 2.21. The van der Waals surface area contributed by atoms with E-state index in [9.17, 15) is 0 Å². The molecule has 0 aromatic carbocycles. The Hall–Kier alpha value is 0.130. The van der Waals surface area contributed by atoms with Crippen LogP contribution in [0.4, 0.5) is 0 Å². The SMILES string of the molecule is CCCc1ccsc1P. The van der Waals surface area contributed by atoms with E-state index in [2.05, 4.69) is 27.6 Å². The topological polar surface area (TPSA) is 0 Å². The largest absolute Gasteiger partial charge is 0.144 e. The van der Waals surface area contributed by atoms with Crippen molar-refractivity contribution in [3.8, 4) is 0 Å². The van der Waals surface area contributed by atoms with Gasteiger partial charge in [0.2, 0.25) is 0 Å². The molecule has 1 unspecified atom stereocenters. The third-order valence-electron chi connectivity index (χ3n) is 1.30. The van der Waals surface area contributed by atoms with Crippen molar-refractivity contribution >= 4 is 25.2 Å². The van der Waals surface area contributed by atoms with E-state index in [1.165, 1.54) is 23.0 Å². The zero-order chi connectivity index (χ0) is 6.69. The summed E-state index contributed by atoms with van der Waals surface area (Å²) in [5, 5.41) is 2.15. The molecule has 0 amide bonds. The van der Waals surface area contributed by atoms with Crippen LogP contribution >= 0.6 is 20.6 Å². The fourth-order valence-corrected chi connectivity index (χ4v) is 2.00. The van der Waals surface area contributed by atoms with Gasteiger partial charge in [-0.3, -0.25) is 0 Å². The van der Waals surface area contributed by atoms with Gasteiger partial charge >= 0.3 is 0 Å². The van der Waals surface area contributed by atoms with E-state index in [1.54, 1.807) is 0 Å². The maximum Gasteiger partial charge on any atom is 0.0248 e. The molecule has 0 saturated heterocycles. The average molecular weight is 158 g/mol. The van der Waals surface area contributed by atoms with Crippen LogP contribution < -0.4 is 4.62 Å². The Bertz CT molecular complexity index is 181. The molecule has 9 heavy (non-hydrogen) atoms. The Morgan fingerprint density at radius 1 is 1.67 bits per heavy atom. The molecule has 0 radical (unpaired) electrons. The highest BCUT2D eigenvalue weighted by Crippen LogP contribution is 2.09. The second-order valence-corrected chi connectivity index (χ2v) is 4.00. The van der Waals surface area contributed by atoms with Gasteiger partial charge in [0, 0.05) is 4.62 Å². The second kappa shape index (κ2) is 3.34. The third kappa shape index (κ3) is 1.77. The van der Waals surface area contributed by atoms with E-state index in [0.717, 1.165) is 0 Å². The monoisotopic (exact) mass is 158 g/mol. The van der Waals surface area contributed by atoms with Crippen LogP contribution in [0.5, 0.6) is 0 Å². The first-order valence-corrected chi connectivity index (χ1v) is 4.62. The van der Waals surface area contributed by atoms with E-state index in [0.29, 0.717) is 0 Å². The molecule has 0 nitrogen and oxygen atoms in total. The first-order chi connectivity index (χ1) is 4.34. The van der Waals surface area contributed by atoms with Crippen LogP contribution in [-0.4, -0.2) is 0 Å². The molecule has 1 atom stereocenters. The highest BCUT2D eigenvalue weighted by Gasteiger charge is 1.95. The fourth-order valence-electron chi connectivity index (χ4n) is 0.823. The Morgan fingerprint density at radius 2 is 2.44 bits per heavy atom. The first kappa shape index (κ1) is 7.24. The van der Waals surface area contributed by atoms with Crippen molar-refractivity contribution in [3.05, 3.63) is 17.0 Å². The van der Waals surface area contributed by atoms with Crippen LogP contribution in [-0.2, 0) is 6.42 Å². The van der Waals surface area contributed by atoms with Gasteiger partial charge in [0.15, 0.2) is 0 Å². The Labute approximate surface area is 62.5 Å². The lowest BCUT2D eigenvalue weighted by atomic mass is 10.2. The van der Waals surface area contributed by atoms with Crippen LogP contribution in [0, 0.1) is 0 Å². The highest BCUT2D eigenvalue weighted by atomic mass is 32.1. The van der Waals surface area contributed by atoms with Gasteiger partial charge in [-0.15, -0.1) is 11.3 Å². The first-order valence-electron chi connectivity index (χ1n) is 3.16. The lowest BCUT2D eigenvalue weighted by Crippen LogP contribution is -1.91. The molecule has 1 heterocycles. The zero-order valence-corrected chi connectivity index (χ0v) is 7.53. The summed E-state index contributed by atoms with van der Waals surface area (Å²) in [6.07, 6.45) is 2.47. The van der Waals surface area contributed by atoms with Crippen molar-refractivity contribution in [2.24, 2.45) is 0 Å². The molecule has 0 aliphatic rings. The minimum absolute atomic E-state index is 1.22. The smallest absolute Gasteiger partial charge is 0.0248 e. The van der Waals surface area contributed by atoms with E-state index in [-0.39, 0.29) is 0 Å². The molecule has 1 aromatic rings. The Morgan fingerprint density at radius 3 is 2.89 bits per heavy atom. The van der Waals surface area contributed by atoms with E-state index < -0.39 is 0 Å². The maximum absolute atomic E-state index is 2.77. The lowest BCUT2D eigenvalue weighted by molar-refractivity contribution is 0.931. The molecule has 2 heteroatoms. The van der Waals surface area contributed by atoms with Crippen molar-refractivity contribution in [1.82, 2.24) is 0 Å². The van der Waals surface area contributed by atoms with Crippen LogP contribution in [0.15, 0.2) is 11.4 Å². The average Bonchev–Trinajstić information content (AvgIpc) is 2.18. The van der Waals surface area contributed by atoms with Gasteiger partial charge in [-0.1, -0.05) is 22.6 Å². The number of aryl methyl sites for hydroxylation is 1. The van der Waals surface area contributed by atoms with Crippen LogP contribution in [0.3, 0.4) is 0 Å². The molecule has 50 valence electrons. The zero-order valence-electron chi connectivity index (χ0n) is 5.55. The van der Waals surface area contributed by atoms with Crippen molar-refractivity contribution in [3.63, 3.8) is 0 Å². The van der Waals surface area contributed by atoms with Gasteiger partial charge in [-0.05, 0) is 23.4 Å². The van der Waals surface area contributed by atoms with Gasteiger partial charge in [0.1, 0.15) is 0 Å². The normalized spacial score (nSPS) is 10.0.